The second kappa shape index (κ2) is 10.6. The van der Waals surface area contributed by atoms with E-state index in [2.05, 4.69) is 27.8 Å². The molecule has 0 nitrogen and oxygen atoms in total. The highest BCUT2D eigenvalue weighted by Crippen LogP contribution is 2.64. The van der Waals surface area contributed by atoms with Gasteiger partial charge in [-0.2, -0.15) is 74.6 Å². The Bertz CT molecular complexity index is 1010. The van der Waals surface area contributed by atoms with Gasteiger partial charge in [0.05, 0.1) is 0 Å². The van der Waals surface area contributed by atoms with Crippen LogP contribution in [0.15, 0.2) is 28.7 Å². The van der Waals surface area contributed by atoms with Crippen molar-refractivity contribution in [3.8, 4) is 11.8 Å². The lowest BCUT2D eigenvalue weighted by atomic mass is 9.88. The van der Waals surface area contributed by atoms with E-state index in [-0.39, 0.29) is 6.42 Å². The van der Waals surface area contributed by atoms with Gasteiger partial charge in [0.15, 0.2) is 0 Å². The third-order valence-electron chi connectivity index (χ3n) is 4.91. The minimum Gasteiger partial charge on any atom is -0.200 e. The first-order chi connectivity index (χ1) is 16.7. The molecule has 0 unspecified atom stereocenters. The summed E-state index contributed by atoms with van der Waals surface area (Å²) in [6.07, 6.45) is -12.3. The first-order valence-electron chi connectivity index (χ1n) is 9.68. The summed E-state index contributed by atoms with van der Waals surface area (Å²) in [6.45, 7) is 0. The highest BCUT2D eigenvalue weighted by molar-refractivity contribution is 9.10. The zero-order valence-corrected chi connectivity index (χ0v) is 19.5. The van der Waals surface area contributed by atoms with Crippen molar-refractivity contribution >= 4 is 15.9 Å². The van der Waals surface area contributed by atoms with E-state index < -0.39 is 66.9 Å². The number of rotatable bonds is 10. The Balaban J connectivity index is 3.14. The van der Waals surface area contributed by atoms with Crippen LogP contribution in [0.4, 0.5) is 74.6 Å². The van der Waals surface area contributed by atoms with Crippen LogP contribution in [0.5, 0.6) is 0 Å². The van der Waals surface area contributed by atoms with Crippen LogP contribution >= 0.6 is 15.9 Å². The summed E-state index contributed by atoms with van der Waals surface area (Å²) in [6, 6.07) is 6.06. The fourth-order valence-corrected chi connectivity index (χ4v) is 2.88. The molecule has 1 aromatic carbocycles. The van der Waals surface area contributed by atoms with Crippen LogP contribution in [0, 0.1) is 11.8 Å². The predicted octanol–water partition coefficient (Wildman–Crippen LogP) is 9.37. The van der Waals surface area contributed by atoms with Gasteiger partial charge in [0.1, 0.15) is 0 Å². The molecule has 0 radical (unpaired) electrons. The van der Waals surface area contributed by atoms with E-state index >= 15 is 0 Å². The molecular weight excluding hydrogens is 643 g/mol. The Morgan fingerprint density at radius 3 is 1.34 bits per heavy atom. The van der Waals surface area contributed by atoms with E-state index in [1.165, 1.54) is 12.1 Å². The summed E-state index contributed by atoms with van der Waals surface area (Å²) in [5.41, 5.74) is 0.390. The Morgan fingerprint density at radius 2 is 0.921 bits per heavy atom. The van der Waals surface area contributed by atoms with Gasteiger partial charge in [-0.25, -0.2) is 0 Å². The maximum Gasteiger partial charge on any atom is 0.460 e. The van der Waals surface area contributed by atoms with Crippen LogP contribution in [0.3, 0.4) is 0 Å². The number of hydrogen-bond acceptors (Lipinski definition) is 0. The van der Waals surface area contributed by atoms with Crippen LogP contribution in [-0.2, 0) is 0 Å². The fraction of sp³-hybridized carbons (Fsp3) is 0.600. The molecule has 218 valence electrons. The molecular formula is C20H12BrF17. The van der Waals surface area contributed by atoms with Gasteiger partial charge in [-0.3, -0.25) is 0 Å². The summed E-state index contributed by atoms with van der Waals surface area (Å²) >= 11 is 3.11. The lowest BCUT2D eigenvalue weighted by Crippen LogP contribution is -2.74. The topological polar surface area (TPSA) is 0 Å². The molecule has 0 heterocycles. The molecule has 0 aliphatic rings. The van der Waals surface area contributed by atoms with Gasteiger partial charge in [0.25, 0.3) is 0 Å². The third kappa shape index (κ3) is 5.67. The summed E-state index contributed by atoms with van der Waals surface area (Å²) in [5.74, 6) is -51.2. The van der Waals surface area contributed by atoms with Gasteiger partial charge in [0.2, 0.25) is 0 Å². The third-order valence-corrected chi connectivity index (χ3v) is 5.44. The molecule has 0 aliphatic heterocycles. The molecule has 0 N–H and O–H groups in total. The molecule has 0 fully saturated rings. The monoisotopic (exact) mass is 654 g/mol. The van der Waals surface area contributed by atoms with Crippen molar-refractivity contribution < 1.29 is 74.6 Å². The molecule has 1 aromatic rings. The quantitative estimate of drug-likeness (QED) is 0.134. The second-order valence-corrected chi connectivity index (χ2v) is 8.58. The smallest absolute Gasteiger partial charge is 0.200 e. The van der Waals surface area contributed by atoms with E-state index in [1.807, 2.05) is 0 Å². The maximum absolute atomic E-state index is 13.8. The Labute approximate surface area is 210 Å². The summed E-state index contributed by atoms with van der Waals surface area (Å²) in [7, 11) is 0. The van der Waals surface area contributed by atoms with Gasteiger partial charge in [-0.15, -0.1) is 0 Å². The highest BCUT2D eigenvalue weighted by atomic mass is 79.9. The molecule has 0 bridgehead atoms. The van der Waals surface area contributed by atoms with Crippen molar-refractivity contribution in [1.29, 1.82) is 0 Å². The molecule has 0 atom stereocenters. The molecule has 0 aromatic heterocycles. The van der Waals surface area contributed by atoms with Crippen molar-refractivity contribution in [3.05, 3.63) is 34.3 Å². The minimum atomic E-state index is -8.61. The lowest BCUT2D eigenvalue weighted by Gasteiger charge is -2.42. The molecule has 0 amide bonds. The highest BCUT2D eigenvalue weighted by Gasteiger charge is 2.95. The van der Waals surface area contributed by atoms with E-state index in [4.69, 9.17) is 0 Å². The standard InChI is InChI=1S/C20H12BrF17/c21-12-8-6-11(7-9-12)5-3-1-2-4-10-13(22,23)14(24,25)15(26,27)16(28,29)17(30,31)18(32,33)19(34,35)20(36,37)38/h6-9H,1-2,4,10H2. The fourth-order valence-electron chi connectivity index (χ4n) is 2.61. The summed E-state index contributed by atoms with van der Waals surface area (Å²) in [4.78, 5) is 0. The SMILES string of the molecule is FC(F)(F)C(F)(F)C(F)(F)C(F)(F)C(F)(F)C(F)(F)C(F)(F)C(F)(F)CCCCC#Cc1ccc(Br)cc1. The Hall–Kier alpha value is -1.93. The predicted molar refractivity (Wildman–Crippen MR) is 100 cm³/mol. The van der Waals surface area contributed by atoms with Crippen LogP contribution in [0.2, 0.25) is 0 Å². The van der Waals surface area contributed by atoms with Gasteiger partial charge in [0, 0.05) is 22.9 Å². The lowest BCUT2D eigenvalue weighted by molar-refractivity contribution is -0.461. The number of hydrogen-bond donors (Lipinski definition) is 0. The van der Waals surface area contributed by atoms with E-state index in [0.29, 0.717) is 10.0 Å². The zero-order valence-electron chi connectivity index (χ0n) is 17.9. The first kappa shape index (κ1) is 34.1. The Kier molecular flexibility index (Phi) is 9.48. The molecule has 38 heavy (non-hydrogen) atoms. The van der Waals surface area contributed by atoms with E-state index in [1.54, 1.807) is 12.1 Å². The van der Waals surface area contributed by atoms with Crippen LogP contribution < -0.4 is 0 Å². The Morgan fingerprint density at radius 1 is 0.526 bits per heavy atom. The molecule has 0 saturated carbocycles. The second-order valence-electron chi connectivity index (χ2n) is 7.66. The molecule has 1 rings (SSSR count). The minimum absolute atomic E-state index is 0.360. The average molecular weight is 655 g/mol. The maximum atomic E-state index is 13.8. The molecule has 0 saturated heterocycles. The number of benzene rings is 1. The zero-order chi connectivity index (χ0) is 30.2. The first-order valence-corrected chi connectivity index (χ1v) is 10.5. The van der Waals surface area contributed by atoms with Crippen LogP contribution in [0.25, 0.3) is 0 Å². The van der Waals surface area contributed by atoms with Gasteiger partial charge in [-0.1, -0.05) is 27.8 Å². The summed E-state index contributed by atoms with van der Waals surface area (Å²) < 4.78 is 225. The molecule has 0 aliphatic carbocycles. The number of halogens is 18. The largest absolute Gasteiger partial charge is 0.460 e. The van der Waals surface area contributed by atoms with E-state index in [9.17, 15) is 74.6 Å². The van der Waals surface area contributed by atoms with Crippen molar-refractivity contribution in [2.45, 2.75) is 73.3 Å². The van der Waals surface area contributed by atoms with Crippen molar-refractivity contribution in [1.82, 2.24) is 0 Å². The molecule has 18 heteroatoms. The van der Waals surface area contributed by atoms with Gasteiger partial charge in [-0.05, 0) is 37.1 Å². The normalized spacial score (nSPS) is 14.8. The summed E-state index contributed by atoms with van der Waals surface area (Å²) in [5, 5.41) is 0. The average Bonchev–Trinajstić information content (AvgIpc) is 2.75. The number of alkyl halides is 17. The van der Waals surface area contributed by atoms with E-state index in [0.717, 1.165) is 0 Å². The van der Waals surface area contributed by atoms with Crippen LogP contribution in [-0.4, -0.2) is 47.6 Å². The van der Waals surface area contributed by atoms with Gasteiger partial charge < -0.3 is 0 Å². The van der Waals surface area contributed by atoms with Crippen molar-refractivity contribution in [3.63, 3.8) is 0 Å². The molecule has 0 spiro atoms. The van der Waals surface area contributed by atoms with Crippen molar-refractivity contribution in [2.75, 3.05) is 0 Å². The number of unbranched alkanes of at least 4 members (excludes halogenated alkanes) is 2. The van der Waals surface area contributed by atoms with Gasteiger partial charge >= 0.3 is 47.6 Å². The van der Waals surface area contributed by atoms with Crippen molar-refractivity contribution in [2.24, 2.45) is 0 Å². The van der Waals surface area contributed by atoms with Crippen LogP contribution in [0.1, 0.15) is 31.2 Å².